The Kier molecular flexibility index (Phi) is 7.86. The van der Waals surface area contributed by atoms with Gasteiger partial charge in [0, 0.05) is 35.5 Å². The Morgan fingerprint density at radius 2 is 1.54 bits per heavy atom. The molecule has 0 radical (unpaired) electrons. The van der Waals surface area contributed by atoms with E-state index in [0.717, 1.165) is 39.6 Å². The van der Waals surface area contributed by atoms with Crippen molar-refractivity contribution < 1.29 is 14.3 Å². The number of methoxy groups -OCH3 is 1. The number of hydrogen-bond donors (Lipinski definition) is 1. The van der Waals surface area contributed by atoms with Gasteiger partial charge in [-0.2, -0.15) is 10.2 Å². The van der Waals surface area contributed by atoms with Crippen LogP contribution in [0.5, 0.6) is 0 Å². The van der Waals surface area contributed by atoms with Crippen LogP contribution in [-0.4, -0.2) is 38.5 Å². The number of rotatable bonds is 9. The van der Waals surface area contributed by atoms with E-state index >= 15 is 0 Å². The molecule has 0 bridgehead atoms. The number of hydrogen-bond acceptors (Lipinski definition) is 5. The van der Waals surface area contributed by atoms with Gasteiger partial charge in [0.1, 0.15) is 0 Å². The number of carbonyl (C=O) groups excluding carboxylic acids is 2. The molecule has 2 aromatic heterocycles. The Balaban J connectivity index is 1.42. The number of esters is 1. The summed E-state index contributed by atoms with van der Waals surface area (Å²) in [6.07, 6.45) is 0.888. The van der Waals surface area contributed by atoms with Gasteiger partial charge in [-0.25, -0.2) is 4.68 Å². The highest BCUT2D eigenvalue weighted by atomic mass is 16.5. The molecule has 0 spiro atoms. The molecule has 1 amide bonds. The van der Waals surface area contributed by atoms with E-state index in [1.165, 1.54) is 12.7 Å². The van der Waals surface area contributed by atoms with E-state index in [0.29, 0.717) is 31.5 Å². The van der Waals surface area contributed by atoms with Crippen LogP contribution in [0.3, 0.4) is 0 Å². The van der Waals surface area contributed by atoms with Gasteiger partial charge in [0.15, 0.2) is 0 Å². The fourth-order valence-electron chi connectivity index (χ4n) is 4.54. The van der Waals surface area contributed by atoms with Crippen LogP contribution < -0.4 is 5.32 Å². The van der Waals surface area contributed by atoms with Crippen molar-refractivity contribution in [1.29, 1.82) is 0 Å². The first kappa shape index (κ1) is 25.9. The summed E-state index contributed by atoms with van der Waals surface area (Å²) >= 11 is 0. The molecule has 8 heteroatoms. The van der Waals surface area contributed by atoms with Gasteiger partial charge in [-0.1, -0.05) is 30.3 Å². The van der Waals surface area contributed by atoms with Gasteiger partial charge in [0.25, 0.3) is 5.91 Å². The maximum absolute atomic E-state index is 12.9. The van der Waals surface area contributed by atoms with Crippen molar-refractivity contribution in [3.63, 3.8) is 0 Å². The minimum atomic E-state index is -0.240. The third-order valence-electron chi connectivity index (χ3n) is 6.75. The van der Waals surface area contributed by atoms with Crippen LogP contribution in [0.2, 0.25) is 0 Å². The van der Waals surface area contributed by atoms with Gasteiger partial charge in [-0.05, 0) is 69.5 Å². The van der Waals surface area contributed by atoms with Crippen LogP contribution in [0.25, 0.3) is 5.69 Å². The zero-order valence-electron chi connectivity index (χ0n) is 22.0. The van der Waals surface area contributed by atoms with Crippen molar-refractivity contribution in [1.82, 2.24) is 24.9 Å². The molecule has 0 atom stereocenters. The maximum Gasteiger partial charge on any atom is 0.305 e. The lowest BCUT2D eigenvalue weighted by Crippen LogP contribution is -2.23. The van der Waals surface area contributed by atoms with E-state index in [1.807, 2.05) is 67.4 Å². The molecule has 0 fully saturated rings. The Morgan fingerprint density at radius 3 is 2.22 bits per heavy atom. The molecule has 0 unspecified atom stereocenters. The second kappa shape index (κ2) is 11.2. The number of nitrogens with zero attached hydrogens (tertiary/aromatic N) is 4. The van der Waals surface area contributed by atoms with Gasteiger partial charge in [0.05, 0.1) is 30.7 Å². The second-order valence-electron chi connectivity index (χ2n) is 9.16. The lowest BCUT2D eigenvalue weighted by Gasteiger charge is -2.09. The minimum Gasteiger partial charge on any atom is -0.469 e. The number of benzene rings is 2. The largest absolute Gasteiger partial charge is 0.469 e. The van der Waals surface area contributed by atoms with E-state index < -0.39 is 0 Å². The molecular weight excluding hydrogens is 466 g/mol. The highest BCUT2D eigenvalue weighted by molar-refractivity contribution is 5.94. The fourth-order valence-corrected chi connectivity index (χ4v) is 4.54. The fraction of sp³-hybridized carbons (Fsp3) is 0.310. The molecule has 0 aliphatic rings. The summed E-state index contributed by atoms with van der Waals surface area (Å²) in [6.45, 7) is 9.03. The molecule has 4 aromatic rings. The summed E-state index contributed by atoms with van der Waals surface area (Å²) < 4.78 is 8.58. The Morgan fingerprint density at radius 1 is 0.865 bits per heavy atom. The Hall–Kier alpha value is -4.20. The van der Waals surface area contributed by atoms with Gasteiger partial charge in [0.2, 0.25) is 0 Å². The van der Waals surface area contributed by atoms with E-state index in [1.54, 1.807) is 12.1 Å². The first-order chi connectivity index (χ1) is 17.8. The molecule has 4 rings (SSSR count). The molecule has 0 saturated carbocycles. The topological polar surface area (TPSA) is 91.0 Å². The van der Waals surface area contributed by atoms with Crippen LogP contribution in [0, 0.1) is 27.7 Å². The molecule has 0 saturated heterocycles. The molecule has 2 aromatic carbocycles. The third-order valence-corrected chi connectivity index (χ3v) is 6.75. The smallest absolute Gasteiger partial charge is 0.305 e. The molecule has 1 N–H and O–H groups in total. The van der Waals surface area contributed by atoms with Gasteiger partial charge in [-0.3, -0.25) is 14.3 Å². The molecular formula is C29H33N5O3. The van der Waals surface area contributed by atoms with Crippen LogP contribution in [0.1, 0.15) is 56.2 Å². The zero-order valence-corrected chi connectivity index (χ0v) is 22.0. The van der Waals surface area contributed by atoms with E-state index in [2.05, 4.69) is 27.6 Å². The van der Waals surface area contributed by atoms with Crippen molar-refractivity contribution in [2.24, 2.45) is 0 Å². The van der Waals surface area contributed by atoms with Gasteiger partial charge < -0.3 is 10.1 Å². The van der Waals surface area contributed by atoms with Gasteiger partial charge in [-0.15, -0.1) is 0 Å². The number of aromatic nitrogens is 4. The summed E-state index contributed by atoms with van der Waals surface area (Å²) in [5.74, 6) is -0.385. The highest BCUT2D eigenvalue weighted by Gasteiger charge is 2.16. The number of nitrogens with one attached hydrogen (secondary N) is 1. The van der Waals surface area contributed by atoms with E-state index in [4.69, 9.17) is 4.74 Å². The molecule has 0 aliphatic heterocycles. The number of carbonyl (C=O) groups is 2. The quantitative estimate of drug-likeness (QED) is 0.345. The van der Waals surface area contributed by atoms with Crippen LogP contribution in [0.15, 0.2) is 54.6 Å². The van der Waals surface area contributed by atoms with Crippen molar-refractivity contribution in [3.05, 3.63) is 99.6 Å². The minimum absolute atomic E-state index is 0.145. The normalized spacial score (nSPS) is 10.9. The number of amides is 1. The van der Waals surface area contributed by atoms with Crippen LogP contribution in [-0.2, 0) is 29.0 Å². The molecule has 8 nitrogen and oxygen atoms in total. The third kappa shape index (κ3) is 5.80. The molecule has 2 heterocycles. The standard InChI is InChI=1S/C29H33N5O3/c1-19-26(15-16-28(35)37-5)22(4)34(32-19)25-13-11-24(12-14-25)29(36)30-17-27-20(2)31-33(21(27)3)18-23-9-7-6-8-10-23/h6-14H,15-18H2,1-5H3,(H,30,36). The molecule has 37 heavy (non-hydrogen) atoms. The zero-order chi connectivity index (χ0) is 26.5. The average Bonchev–Trinajstić information content (AvgIpc) is 3.34. The maximum atomic E-state index is 12.9. The monoisotopic (exact) mass is 499 g/mol. The lowest BCUT2D eigenvalue weighted by molar-refractivity contribution is -0.140. The molecule has 0 aliphatic carbocycles. The molecule has 192 valence electrons. The van der Waals surface area contributed by atoms with Crippen molar-refractivity contribution in [2.75, 3.05) is 7.11 Å². The predicted molar refractivity (Wildman–Crippen MR) is 142 cm³/mol. The van der Waals surface area contributed by atoms with Crippen LogP contribution >= 0.6 is 0 Å². The highest BCUT2D eigenvalue weighted by Crippen LogP contribution is 2.20. The summed E-state index contributed by atoms with van der Waals surface area (Å²) in [4.78, 5) is 24.4. The first-order valence-electron chi connectivity index (χ1n) is 12.4. The predicted octanol–water partition coefficient (Wildman–Crippen LogP) is 4.39. The average molecular weight is 500 g/mol. The van der Waals surface area contributed by atoms with E-state index in [9.17, 15) is 9.59 Å². The van der Waals surface area contributed by atoms with Crippen molar-refractivity contribution in [2.45, 2.75) is 53.6 Å². The summed E-state index contributed by atoms with van der Waals surface area (Å²) in [7, 11) is 1.39. The summed E-state index contributed by atoms with van der Waals surface area (Å²) in [6, 6.07) is 17.6. The number of aryl methyl sites for hydroxylation is 2. The SMILES string of the molecule is COC(=O)CCc1c(C)nn(-c2ccc(C(=O)NCc3c(C)nn(Cc4ccccc4)c3C)cc2)c1C. The van der Waals surface area contributed by atoms with Gasteiger partial charge >= 0.3 is 5.97 Å². The summed E-state index contributed by atoms with van der Waals surface area (Å²) in [5.41, 5.74) is 8.48. The van der Waals surface area contributed by atoms with Crippen LogP contribution in [0.4, 0.5) is 0 Å². The lowest BCUT2D eigenvalue weighted by atomic mass is 10.1. The van der Waals surface area contributed by atoms with E-state index in [-0.39, 0.29) is 11.9 Å². The second-order valence-corrected chi connectivity index (χ2v) is 9.16. The number of ether oxygens (including phenoxy) is 1. The first-order valence-corrected chi connectivity index (χ1v) is 12.4. The van der Waals surface area contributed by atoms with Crippen molar-refractivity contribution >= 4 is 11.9 Å². The Bertz CT molecular complexity index is 1400. The Labute approximate surface area is 217 Å². The summed E-state index contributed by atoms with van der Waals surface area (Å²) in [5, 5.41) is 12.3. The van der Waals surface area contributed by atoms with Crippen molar-refractivity contribution in [3.8, 4) is 5.69 Å².